The first-order chi connectivity index (χ1) is 20.7. The van der Waals surface area contributed by atoms with E-state index in [9.17, 15) is 5.11 Å². The topological polar surface area (TPSA) is 29.5 Å². The molecular formula is C43H62O2. The minimum Gasteiger partial charge on any atom is -0.507 e. The van der Waals surface area contributed by atoms with Gasteiger partial charge in [0.15, 0.2) is 0 Å². The third-order valence-corrected chi connectivity index (χ3v) is 10.8. The van der Waals surface area contributed by atoms with E-state index >= 15 is 0 Å². The summed E-state index contributed by atoms with van der Waals surface area (Å²) in [4.78, 5) is 0. The average molecular weight is 611 g/mol. The first kappa shape index (κ1) is 35.1. The highest BCUT2D eigenvalue weighted by atomic mass is 16.5. The molecule has 0 aromatic heterocycles. The quantitative estimate of drug-likeness (QED) is 0.291. The molecule has 1 saturated carbocycles. The highest BCUT2D eigenvalue weighted by Gasteiger charge is 2.46. The molecule has 0 heterocycles. The van der Waals surface area contributed by atoms with Crippen LogP contribution in [0.3, 0.4) is 0 Å². The predicted molar refractivity (Wildman–Crippen MR) is 193 cm³/mol. The molecule has 5 atom stereocenters. The number of rotatable bonds is 5. The fourth-order valence-electron chi connectivity index (χ4n) is 8.06. The Morgan fingerprint density at radius 2 is 1.18 bits per heavy atom. The van der Waals surface area contributed by atoms with Crippen molar-refractivity contribution in [1.29, 1.82) is 0 Å². The van der Waals surface area contributed by atoms with Crippen molar-refractivity contribution in [2.45, 2.75) is 125 Å². The molecule has 0 spiro atoms. The van der Waals surface area contributed by atoms with Crippen molar-refractivity contribution in [3.63, 3.8) is 0 Å². The molecule has 0 aliphatic heterocycles. The number of methoxy groups -OCH3 is 1. The third kappa shape index (κ3) is 7.98. The molecule has 45 heavy (non-hydrogen) atoms. The second-order valence-electron chi connectivity index (χ2n) is 18.2. The van der Waals surface area contributed by atoms with Gasteiger partial charge in [0.25, 0.3) is 0 Å². The summed E-state index contributed by atoms with van der Waals surface area (Å²) in [6.45, 7) is 28.1. The maximum atomic E-state index is 11.7. The van der Waals surface area contributed by atoms with Gasteiger partial charge in [-0.15, -0.1) is 0 Å². The van der Waals surface area contributed by atoms with Crippen molar-refractivity contribution >= 4 is 0 Å². The number of phenolic OH excluding ortho intramolecular Hbond substituents is 1. The van der Waals surface area contributed by atoms with Crippen LogP contribution in [0, 0.1) is 28.6 Å². The Bertz CT molecular complexity index is 1370. The smallest absolute Gasteiger partial charge is 0.123 e. The zero-order valence-corrected chi connectivity index (χ0v) is 30.7. The molecule has 4 rings (SSSR count). The van der Waals surface area contributed by atoms with Crippen LogP contribution in [0.15, 0.2) is 66.7 Å². The summed E-state index contributed by atoms with van der Waals surface area (Å²) in [5.41, 5.74) is 6.17. The van der Waals surface area contributed by atoms with Crippen LogP contribution >= 0.6 is 0 Å². The van der Waals surface area contributed by atoms with Crippen molar-refractivity contribution in [3.8, 4) is 11.5 Å². The Morgan fingerprint density at radius 3 is 1.62 bits per heavy atom. The summed E-state index contributed by atoms with van der Waals surface area (Å²) in [5, 5.41) is 11.7. The minimum atomic E-state index is -0.193. The maximum Gasteiger partial charge on any atom is 0.123 e. The number of hydrogen-bond acceptors (Lipinski definition) is 2. The molecule has 5 unspecified atom stereocenters. The Labute approximate surface area is 276 Å². The fourth-order valence-corrected chi connectivity index (χ4v) is 8.06. The van der Waals surface area contributed by atoms with Gasteiger partial charge in [0.1, 0.15) is 11.5 Å². The van der Waals surface area contributed by atoms with Crippen LogP contribution in [-0.2, 0) is 10.8 Å². The van der Waals surface area contributed by atoms with Crippen molar-refractivity contribution < 1.29 is 9.84 Å². The molecule has 0 amide bonds. The van der Waals surface area contributed by atoms with Crippen molar-refractivity contribution in [2.75, 3.05) is 7.11 Å². The molecule has 0 radical (unpaired) electrons. The van der Waals surface area contributed by atoms with Gasteiger partial charge in [-0.2, -0.15) is 0 Å². The van der Waals surface area contributed by atoms with Crippen LogP contribution in [0.4, 0.5) is 0 Å². The van der Waals surface area contributed by atoms with Crippen LogP contribution in [0.5, 0.6) is 11.5 Å². The van der Waals surface area contributed by atoms with Crippen LogP contribution in [-0.4, -0.2) is 12.2 Å². The van der Waals surface area contributed by atoms with E-state index in [-0.39, 0.29) is 27.6 Å². The van der Waals surface area contributed by atoms with Gasteiger partial charge in [0.2, 0.25) is 0 Å². The molecule has 1 N–H and O–H groups in total. The Morgan fingerprint density at radius 1 is 0.644 bits per heavy atom. The summed E-state index contributed by atoms with van der Waals surface area (Å²) in [5.74, 6) is 3.52. The highest BCUT2D eigenvalue weighted by molar-refractivity contribution is 5.52. The Balaban J connectivity index is 2.06. The number of ether oxygens (including phenoxy) is 1. The van der Waals surface area contributed by atoms with Gasteiger partial charge in [-0.25, -0.2) is 0 Å². The minimum absolute atomic E-state index is 0.126. The van der Waals surface area contributed by atoms with Gasteiger partial charge in [-0.1, -0.05) is 138 Å². The lowest BCUT2D eigenvalue weighted by Gasteiger charge is -2.44. The van der Waals surface area contributed by atoms with Gasteiger partial charge in [-0.3, -0.25) is 0 Å². The number of aromatic hydroxyl groups is 1. The molecular weight excluding hydrogens is 548 g/mol. The number of hydrogen-bond donors (Lipinski definition) is 1. The van der Waals surface area contributed by atoms with Crippen LogP contribution in [0.25, 0.3) is 0 Å². The van der Waals surface area contributed by atoms with Crippen LogP contribution in [0.2, 0.25) is 0 Å². The first-order valence-electron chi connectivity index (χ1n) is 17.3. The molecule has 3 aromatic carbocycles. The van der Waals surface area contributed by atoms with E-state index in [1.165, 1.54) is 29.5 Å². The van der Waals surface area contributed by atoms with E-state index in [4.69, 9.17) is 4.74 Å². The Hall–Kier alpha value is -2.74. The molecule has 1 fully saturated rings. The molecule has 2 heteroatoms. The second kappa shape index (κ2) is 12.8. The van der Waals surface area contributed by atoms with Gasteiger partial charge < -0.3 is 9.84 Å². The molecule has 0 saturated heterocycles. The van der Waals surface area contributed by atoms with E-state index < -0.39 is 0 Å². The van der Waals surface area contributed by atoms with Gasteiger partial charge >= 0.3 is 0 Å². The zero-order valence-electron chi connectivity index (χ0n) is 30.7. The summed E-state index contributed by atoms with van der Waals surface area (Å²) in [6.07, 6.45) is 3.55. The van der Waals surface area contributed by atoms with Crippen molar-refractivity contribution in [2.24, 2.45) is 28.6 Å². The normalized spacial score (nSPS) is 22.5. The summed E-state index contributed by atoms with van der Waals surface area (Å²) in [6, 6.07) is 24.9. The summed E-state index contributed by atoms with van der Waals surface area (Å²) >= 11 is 0. The monoisotopic (exact) mass is 610 g/mol. The summed E-state index contributed by atoms with van der Waals surface area (Å²) in [7, 11) is 1.75. The highest BCUT2D eigenvalue weighted by Crippen LogP contribution is 2.56. The molecule has 246 valence electrons. The van der Waals surface area contributed by atoms with Crippen molar-refractivity contribution in [3.05, 3.63) is 94.5 Å². The molecule has 3 aromatic rings. The molecule has 0 bridgehead atoms. The average Bonchev–Trinajstić information content (AvgIpc) is 3.14. The molecule has 1 aliphatic carbocycles. The number of phenols is 1. The number of benzene rings is 3. The van der Waals surface area contributed by atoms with E-state index in [2.05, 4.69) is 150 Å². The predicted octanol–water partition coefficient (Wildman–Crippen LogP) is 12.0. The lowest BCUT2D eigenvalue weighted by atomic mass is 9.61. The lowest BCUT2D eigenvalue weighted by molar-refractivity contribution is 0.0936. The van der Waals surface area contributed by atoms with Crippen LogP contribution < -0.4 is 4.74 Å². The van der Waals surface area contributed by atoms with E-state index in [0.29, 0.717) is 29.4 Å². The largest absolute Gasteiger partial charge is 0.507 e. The van der Waals surface area contributed by atoms with Crippen molar-refractivity contribution in [1.82, 2.24) is 0 Å². The first-order valence-corrected chi connectivity index (χ1v) is 17.3. The van der Waals surface area contributed by atoms with Gasteiger partial charge in [-0.05, 0) is 105 Å². The fraction of sp³-hybridized carbons (Fsp3) is 0.581. The lowest BCUT2D eigenvalue weighted by Crippen LogP contribution is -2.35. The van der Waals surface area contributed by atoms with Gasteiger partial charge in [0.05, 0.1) is 7.11 Å². The second-order valence-corrected chi connectivity index (χ2v) is 18.2. The van der Waals surface area contributed by atoms with E-state index in [1.807, 2.05) is 0 Å². The molecule has 1 aliphatic rings. The van der Waals surface area contributed by atoms with Gasteiger partial charge in [0, 0.05) is 5.92 Å². The third-order valence-electron chi connectivity index (χ3n) is 10.8. The summed E-state index contributed by atoms with van der Waals surface area (Å²) < 4.78 is 5.63. The van der Waals surface area contributed by atoms with Crippen LogP contribution in [0.1, 0.15) is 142 Å². The van der Waals surface area contributed by atoms with E-state index in [1.54, 1.807) is 7.11 Å². The standard InChI is InChI=1S/C43H62O2/c1-40(2,3)32-23-30(28-17-15-14-16-18-28)24-34(35(27-32)41(4,5)6)38(29-19-21-33(45-13)22-20-29)31-25-36(42(7,8)9)39(44)37(26-31)43(10,11)12/h14-22,25-26,30,32,34-35,38,44H,23-24,27H2,1-13H3. The molecule has 2 nitrogen and oxygen atoms in total. The Kier molecular flexibility index (Phi) is 10.00. The SMILES string of the molecule is COc1ccc(C(c2cc(C(C)(C)C)c(O)c(C(C)(C)C)c2)C2CC(c3ccccc3)CC(C(C)(C)C)CC2C(C)(C)C)cc1. The zero-order chi connectivity index (χ0) is 33.5. The van der Waals surface area contributed by atoms with E-state index in [0.717, 1.165) is 23.3 Å². The maximum absolute atomic E-state index is 11.7.